The largest absolute Gasteiger partial charge is 0.314 e. The molecule has 0 aromatic heterocycles. The monoisotopic (exact) mass is 195 g/mol. The van der Waals surface area contributed by atoms with Gasteiger partial charge in [-0.2, -0.15) is 0 Å². The molecule has 0 aliphatic heterocycles. The van der Waals surface area contributed by atoms with E-state index in [0.717, 1.165) is 17.9 Å². The van der Waals surface area contributed by atoms with Crippen LogP contribution in [0, 0.1) is 17.3 Å². The van der Waals surface area contributed by atoms with Gasteiger partial charge in [-0.3, -0.25) is 0 Å². The highest BCUT2D eigenvalue weighted by Gasteiger charge is 2.36. The Morgan fingerprint density at radius 2 is 1.79 bits per heavy atom. The van der Waals surface area contributed by atoms with E-state index in [1.54, 1.807) is 0 Å². The summed E-state index contributed by atoms with van der Waals surface area (Å²) in [7, 11) is 0. The van der Waals surface area contributed by atoms with Crippen LogP contribution in [0.2, 0.25) is 0 Å². The van der Waals surface area contributed by atoms with E-state index in [0.29, 0.717) is 5.41 Å². The molecule has 0 bridgehead atoms. The number of hydrogen-bond donors (Lipinski definition) is 1. The molecule has 0 heterocycles. The molecule has 0 saturated heterocycles. The molecule has 0 radical (unpaired) electrons. The van der Waals surface area contributed by atoms with E-state index in [-0.39, 0.29) is 0 Å². The van der Waals surface area contributed by atoms with Gasteiger partial charge in [0.05, 0.1) is 0 Å². The van der Waals surface area contributed by atoms with Crippen LogP contribution in [0.25, 0.3) is 0 Å². The van der Waals surface area contributed by atoms with Gasteiger partial charge in [-0.05, 0) is 36.6 Å². The second-order valence-electron chi connectivity index (χ2n) is 6.35. The minimum absolute atomic E-state index is 0.493. The molecule has 1 unspecified atom stereocenters. The third kappa shape index (κ3) is 2.50. The van der Waals surface area contributed by atoms with Gasteiger partial charge in [-0.25, -0.2) is 0 Å². The molecular formula is C13H25N. The molecule has 0 amide bonds. The summed E-state index contributed by atoms with van der Waals surface area (Å²) in [6.07, 6.45) is 7.27. The van der Waals surface area contributed by atoms with Gasteiger partial charge in [-0.1, -0.05) is 40.0 Å². The summed E-state index contributed by atoms with van der Waals surface area (Å²) in [6, 6.07) is 0.875. The first-order valence-corrected chi connectivity index (χ1v) is 6.31. The standard InChI is InChI=1S/C13H25N/c1-13(2,3)12(10-5-4-6-10)9-14-11-7-8-11/h10-12,14H,4-9H2,1-3H3. The van der Waals surface area contributed by atoms with E-state index >= 15 is 0 Å². The molecule has 1 nitrogen and oxygen atoms in total. The minimum atomic E-state index is 0.493. The summed E-state index contributed by atoms with van der Waals surface area (Å²) in [5, 5.41) is 3.71. The fraction of sp³-hybridized carbons (Fsp3) is 1.00. The molecule has 1 heteroatoms. The number of rotatable bonds is 4. The lowest BCUT2D eigenvalue weighted by molar-refractivity contribution is 0.0954. The lowest BCUT2D eigenvalue weighted by Crippen LogP contribution is -2.40. The number of nitrogens with one attached hydrogen (secondary N) is 1. The zero-order valence-electron chi connectivity index (χ0n) is 9.97. The van der Waals surface area contributed by atoms with Crippen molar-refractivity contribution in [2.45, 2.75) is 58.9 Å². The average molecular weight is 195 g/mol. The molecule has 82 valence electrons. The van der Waals surface area contributed by atoms with Gasteiger partial charge in [0, 0.05) is 6.04 Å². The maximum absolute atomic E-state index is 3.71. The van der Waals surface area contributed by atoms with Crippen molar-refractivity contribution in [1.29, 1.82) is 0 Å². The van der Waals surface area contributed by atoms with Crippen LogP contribution in [0.15, 0.2) is 0 Å². The van der Waals surface area contributed by atoms with Crippen molar-refractivity contribution in [3.8, 4) is 0 Å². The van der Waals surface area contributed by atoms with E-state index in [9.17, 15) is 0 Å². The Bertz CT molecular complexity index is 184. The second kappa shape index (κ2) is 3.84. The first-order valence-electron chi connectivity index (χ1n) is 6.31. The molecule has 0 aromatic carbocycles. The Balaban J connectivity index is 1.83. The summed E-state index contributed by atoms with van der Waals surface area (Å²) >= 11 is 0. The van der Waals surface area contributed by atoms with Crippen molar-refractivity contribution in [1.82, 2.24) is 5.32 Å². The molecule has 0 aromatic rings. The fourth-order valence-corrected chi connectivity index (χ4v) is 2.60. The zero-order chi connectivity index (χ0) is 10.2. The predicted octanol–water partition coefficient (Wildman–Crippen LogP) is 3.20. The summed E-state index contributed by atoms with van der Waals surface area (Å²) < 4.78 is 0. The Hall–Kier alpha value is -0.0400. The highest BCUT2D eigenvalue weighted by Crippen LogP contribution is 2.42. The molecule has 1 atom stereocenters. The van der Waals surface area contributed by atoms with Crippen molar-refractivity contribution in [2.24, 2.45) is 17.3 Å². The average Bonchev–Trinajstić information content (AvgIpc) is 2.74. The fourth-order valence-electron chi connectivity index (χ4n) is 2.60. The van der Waals surface area contributed by atoms with Crippen LogP contribution in [-0.2, 0) is 0 Å². The third-order valence-corrected chi connectivity index (χ3v) is 4.04. The van der Waals surface area contributed by atoms with Crippen molar-refractivity contribution in [3.63, 3.8) is 0 Å². The third-order valence-electron chi connectivity index (χ3n) is 4.04. The van der Waals surface area contributed by atoms with E-state index in [1.165, 1.54) is 38.6 Å². The molecule has 2 saturated carbocycles. The summed E-state index contributed by atoms with van der Waals surface area (Å²) in [5.74, 6) is 1.91. The molecule has 14 heavy (non-hydrogen) atoms. The minimum Gasteiger partial charge on any atom is -0.314 e. The SMILES string of the molecule is CC(C)(C)C(CNC1CC1)C1CCC1. The Morgan fingerprint density at radius 3 is 2.14 bits per heavy atom. The van der Waals surface area contributed by atoms with Crippen molar-refractivity contribution in [2.75, 3.05) is 6.54 Å². The van der Waals surface area contributed by atoms with Crippen molar-refractivity contribution < 1.29 is 0 Å². The highest BCUT2D eigenvalue weighted by molar-refractivity contribution is 4.89. The van der Waals surface area contributed by atoms with Gasteiger partial charge in [0.2, 0.25) is 0 Å². The Labute approximate surface area is 88.7 Å². The lowest BCUT2D eigenvalue weighted by Gasteiger charge is -2.42. The smallest absolute Gasteiger partial charge is 0.00683 e. The first kappa shape index (κ1) is 10.5. The Morgan fingerprint density at radius 1 is 1.14 bits per heavy atom. The van der Waals surface area contributed by atoms with Crippen LogP contribution >= 0.6 is 0 Å². The van der Waals surface area contributed by atoms with Gasteiger partial charge >= 0.3 is 0 Å². The maximum atomic E-state index is 3.71. The summed E-state index contributed by atoms with van der Waals surface area (Å²) in [4.78, 5) is 0. The van der Waals surface area contributed by atoms with E-state index < -0.39 is 0 Å². The normalized spacial score (nSPS) is 25.9. The highest BCUT2D eigenvalue weighted by atomic mass is 14.9. The van der Waals surface area contributed by atoms with Gasteiger partial charge < -0.3 is 5.32 Å². The van der Waals surface area contributed by atoms with Gasteiger partial charge in [0.25, 0.3) is 0 Å². The van der Waals surface area contributed by atoms with Gasteiger partial charge in [-0.15, -0.1) is 0 Å². The molecule has 2 fully saturated rings. The topological polar surface area (TPSA) is 12.0 Å². The molecule has 2 rings (SSSR count). The molecule has 1 N–H and O–H groups in total. The zero-order valence-corrected chi connectivity index (χ0v) is 9.97. The van der Waals surface area contributed by atoms with Crippen LogP contribution in [0.3, 0.4) is 0 Å². The van der Waals surface area contributed by atoms with Crippen LogP contribution in [0.4, 0.5) is 0 Å². The van der Waals surface area contributed by atoms with Crippen molar-refractivity contribution in [3.05, 3.63) is 0 Å². The molecular weight excluding hydrogens is 170 g/mol. The lowest BCUT2D eigenvalue weighted by atomic mass is 9.65. The predicted molar refractivity (Wildman–Crippen MR) is 61.3 cm³/mol. The van der Waals surface area contributed by atoms with Crippen LogP contribution < -0.4 is 5.32 Å². The van der Waals surface area contributed by atoms with Gasteiger partial charge in [0.15, 0.2) is 0 Å². The summed E-state index contributed by atoms with van der Waals surface area (Å²) in [6.45, 7) is 8.48. The second-order valence-corrected chi connectivity index (χ2v) is 6.35. The van der Waals surface area contributed by atoms with E-state index in [4.69, 9.17) is 0 Å². The Kier molecular flexibility index (Phi) is 2.88. The maximum Gasteiger partial charge on any atom is 0.00683 e. The molecule has 0 spiro atoms. The quantitative estimate of drug-likeness (QED) is 0.726. The first-order chi connectivity index (χ1) is 6.57. The van der Waals surface area contributed by atoms with Crippen LogP contribution in [0.1, 0.15) is 52.9 Å². The summed E-state index contributed by atoms with van der Waals surface area (Å²) in [5.41, 5.74) is 0.493. The van der Waals surface area contributed by atoms with Crippen LogP contribution in [-0.4, -0.2) is 12.6 Å². The van der Waals surface area contributed by atoms with Crippen LogP contribution in [0.5, 0.6) is 0 Å². The number of hydrogen-bond acceptors (Lipinski definition) is 1. The van der Waals surface area contributed by atoms with Gasteiger partial charge in [0.1, 0.15) is 0 Å². The molecule has 2 aliphatic carbocycles. The van der Waals surface area contributed by atoms with Crippen molar-refractivity contribution >= 4 is 0 Å². The van der Waals surface area contributed by atoms with E-state index in [1.807, 2.05) is 0 Å². The van der Waals surface area contributed by atoms with E-state index in [2.05, 4.69) is 26.1 Å². The molecule has 2 aliphatic rings.